The molecule has 0 bridgehead atoms. The topological polar surface area (TPSA) is 66.0 Å². The molecule has 0 spiro atoms. The summed E-state index contributed by atoms with van der Waals surface area (Å²) < 4.78 is 0. The van der Waals surface area contributed by atoms with E-state index in [2.05, 4.69) is 10.2 Å². The van der Waals surface area contributed by atoms with Crippen molar-refractivity contribution in [3.8, 4) is 17.0 Å². The van der Waals surface area contributed by atoms with Crippen LogP contribution < -0.4 is 5.56 Å². The van der Waals surface area contributed by atoms with Gasteiger partial charge in [0.2, 0.25) is 0 Å². The largest absolute Gasteiger partial charge is 0.507 e. The van der Waals surface area contributed by atoms with Crippen molar-refractivity contribution in [2.45, 2.75) is 0 Å². The maximum atomic E-state index is 10.8. The zero-order valence-corrected chi connectivity index (χ0v) is 8.32. The van der Waals surface area contributed by atoms with Gasteiger partial charge in [-0.3, -0.25) is 4.79 Å². The van der Waals surface area contributed by atoms with E-state index in [1.54, 1.807) is 12.1 Å². The Kier molecular flexibility index (Phi) is 2.43. The van der Waals surface area contributed by atoms with Gasteiger partial charge in [0.05, 0.1) is 5.69 Å². The summed E-state index contributed by atoms with van der Waals surface area (Å²) in [4.78, 5) is 10.8. The fourth-order valence-corrected chi connectivity index (χ4v) is 1.38. The van der Waals surface area contributed by atoms with Gasteiger partial charge in [-0.1, -0.05) is 11.6 Å². The van der Waals surface area contributed by atoms with E-state index in [0.29, 0.717) is 16.3 Å². The number of halogens is 1. The van der Waals surface area contributed by atoms with Crippen LogP contribution in [0.25, 0.3) is 11.3 Å². The maximum Gasteiger partial charge on any atom is 0.264 e. The fourth-order valence-electron chi connectivity index (χ4n) is 1.21. The molecule has 1 heterocycles. The fraction of sp³-hybridized carbons (Fsp3) is 0. The highest BCUT2D eigenvalue weighted by molar-refractivity contribution is 6.30. The van der Waals surface area contributed by atoms with Crippen molar-refractivity contribution in [2.75, 3.05) is 0 Å². The number of hydrogen-bond donors (Lipinski definition) is 2. The van der Waals surface area contributed by atoms with Crippen LogP contribution in [0.4, 0.5) is 0 Å². The smallest absolute Gasteiger partial charge is 0.264 e. The van der Waals surface area contributed by atoms with Crippen LogP contribution in [0.15, 0.2) is 35.1 Å². The molecule has 0 saturated carbocycles. The highest BCUT2D eigenvalue weighted by Gasteiger charge is 2.06. The first kappa shape index (κ1) is 9.73. The summed E-state index contributed by atoms with van der Waals surface area (Å²) >= 11 is 5.79. The van der Waals surface area contributed by atoms with E-state index in [4.69, 9.17) is 11.6 Å². The minimum atomic E-state index is -0.291. The van der Waals surface area contributed by atoms with Gasteiger partial charge in [-0.05, 0) is 24.3 Å². The van der Waals surface area contributed by atoms with Crippen molar-refractivity contribution in [1.82, 2.24) is 10.2 Å². The molecule has 1 aromatic carbocycles. The number of phenolic OH excluding ortho intramolecular Hbond substituents is 1. The number of nitrogens with one attached hydrogen (secondary N) is 1. The number of nitrogens with zero attached hydrogens (tertiary/aromatic N) is 1. The summed E-state index contributed by atoms with van der Waals surface area (Å²) in [5.74, 6) is 0.0685. The van der Waals surface area contributed by atoms with Crippen LogP contribution in [0.2, 0.25) is 5.02 Å². The summed E-state index contributed by atoms with van der Waals surface area (Å²) in [7, 11) is 0. The second-order valence-electron chi connectivity index (χ2n) is 2.97. The molecule has 4 nitrogen and oxygen atoms in total. The normalized spacial score (nSPS) is 10.2. The van der Waals surface area contributed by atoms with Crippen molar-refractivity contribution in [3.05, 3.63) is 45.7 Å². The molecule has 0 aliphatic carbocycles. The molecule has 2 aromatic rings. The minimum absolute atomic E-state index is 0.0685. The molecule has 0 aliphatic heterocycles. The summed E-state index contributed by atoms with van der Waals surface area (Å²) in [5.41, 5.74) is 0.661. The molecular formula is C10H7ClN2O2. The Morgan fingerprint density at radius 2 is 2.07 bits per heavy atom. The van der Waals surface area contributed by atoms with E-state index in [1.165, 1.54) is 18.2 Å². The van der Waals surface area contributed by atoms with E-state index < -0.39 is 0 Å². The van der Waals surface area contributed by atoms with Crippen LogP contribution in [0.1, 0.15) is 0 Å². The van der Waals surface area contributed by atoms with Gasteiger partial charge in [-0.15, -0.1) is 0 Å². The SMILES string of the molecule is O=c1ccc(-c2cc(Cl)ccc2O)n[nH]1. The average Bonchev–Trinajstić information content (AvgIpc) is 2.23. The second-order valence-corrected chi connectivity index (χ2v) is 3.40. The molecule has 1 aromatic heterocycles. The Morgan fingerprint density at radius 3 is 2.73 bits per heavy atom. The molecule has 0 unspecified atom stereocenters. The lowest BCUT2D eigenvalue weighted by atomic mass is 10.1. The average molecular weight is 223 g/mol. The zero-order chi connectivity index (χ0) is 10.8. The van der Waals surface area contributed by atoms with Gasteiger partial charge in [0.15, 0.2) is 0 Å². The van der Waals surface area contributed by atoms with Crippen LogP contribution in [-0.2, 0) is 0 Å². The van der Waals surface area contributed by atoms with Crippen LogP contribution >= 0.6 is 11.6 Å². The Labute approximate surface area is 90.2 Å². The third-order valence-electron chi connectivity index (χ3n) is 1.91. The van der Waals surface area contributed by atoms with E-state index >= 15 is 0 Å². The van der Waals surface area contributed by atoms with Crippen molar-refractivity contribution in [2.24, 2.45) is 0 Å². The predicted octanol–water partition coefficient (Wildman–Crippen LogP) is 1.80. The third kappa shape index (κ3) is 1.99. The highest BCUT2D eigenvalue weighted by Crippen LogP contribution is 2.29. The molecule has 0 radical (unpaired) electrons. The van der Waals surface area contributed by atoms with Crippen molar-refractivity contribution in [1.29, 1.82) is 0 Å². The highest BCUT2D eigenvalue weighted by atomic mass is 35.5. The quantitative estimate of drug-likeness (QED) is 0.773. The standard InChI is InChI=1S/C10H7ClN2O2/c11-6-1-3-9(14)7(5-6)8-2-4-10(15)13-12-8/h1-5,14H,(H,13,15). The van der Waals surface area contributed by atoms with E-state index in [0.717, 1.165) is 0 Å². The van der Waals surface area contributed by atoms with Gasteiger partial charge in [-0.2, -0.15) is 5.10 Å². The van der Waals surface area contributed by atoms with Gasteiger partial charge in [0, 0.05) is 16.7 Å². The number of phenols is 1. The number of rotatable bonds is 1. The number of aromatic amines is 1. The molecule has 0 saturated heterocycles. The molecule has 0 aliphatic rings. The van der Waals surface area contributed by atoms with Crippen molar-refractivity contribution < 1.29 is 5.11 Å². The predicted molar refractivity (Wildman–Crippen MR) is 57.0 cm³/mol. The van der Waals surface area contributed by atoms with Gasteiger partial charge in [0.1, 0.15) is 5.75 Å². The van der Waals surface area contributed by atoms with Gasteiger partial charge >= 0.3 is 0 Å². The van der Waals surface area contributed by atoms with Crippen LogP contribution in [-0.4, -0.2) is 15.3 Å². The first-order valence-electron chi connectivity index (χ1n) is 4.21. The molecule has 76 valence electrons. The Balaban J connectivity index is 2.58. The monoisotopic (exact) mass is 222 g/mol. The summed E-state index contributed by atoms with van der Waals surface area (Å²) in [6.07, 6.45) is 0. The van der Waals surface area contributed by atoms with Gasteiger partial charge in [0.25, 0.3) is 5.56 Å². The van der Waals surface area contributed by atoms with E-state index in [1.807, 2.05) is 0 Å². The lowest BCUT2D eigenvalue weighted by molar-refractivity contribution is 0.477. The summed E-state index contributed by atoms with van der Waals surface area (Å²) in [6.45, 7) is 0. The zero-order valence-electron chi connectivity index (χ0n) is 7.57. The van der Waals surface area contributed by atoms with Crippen LogP contribution in [0.5, 0.6) is 5.75 Å². The Hall–Kier alpha value is -1.81. The number of hydrogen-bond acceptors (Lipinski definition) is 3. The maximum absolute atomic E-state index is 10.8. The number of benzene rings is 1. The van der Waals surface area contributed by atoms with Gasteiger partial charge in [-0.25, -0.2) is 5.10 Å². The number of aromatic hydroxyl groups is 1. The lowest BCUT2D eigenvalue weighted by Gasteiger charge is -2.03. The lowest BCUT2D eigenvalue weighted by Crippen LogP contribution is -2.05. The second kappa shape index (κ2) is 3.74. The van der Waals surface area contributed by atoms with Crippen molar-refractivity contribution >= 4 is 11.6 Å². The summed E-state index contributed by atoms with van der Waals surface area (Å²) in [5, 5.41) is 16.1. The Bertz CT molecular complexity index is 531. The van der Waals surface area contributed by atoms with E-state index in [9.17, 15) is 9.90 Å². The van der Waals surface area contributed by atoms with Crippen LogP contribution in [0, 0.1) is 0 Å². The van der Waals surface area contributed by atoms with E-state index in [-0.39, 0.29) is 11.3 Å². The Morgan fingerprint density at radius 1 is 1.27 bits per heavy atom. The number of H-pyrrole nitrogens is 1. The molecule has 0 amide bonds. The number of aromatic nitrogens is 2. The first-order chi connectivity index (χ1) is 7.16. The van der Waals surface area contributed by atoms with Crippen LogP contribution in [0.3, 0.4) is 0 Å². The third-order valence-corrected chi connectivity index (χ3v) is 2.15. The van der Waals surface area contributed by atoms with Gasteiger partial charge < -0.3 is 5.11 Å². The molecule has 2 rings (SSSR count). The molecular weight excluding hydrogens is 216 g/mol. The summed E-state index contributed by atoms with van der Waals surface area (Å²) in [6, 6.07) is 7.49. The molecule has 0 fully saturated rings. The molecule has 15 heavy (non-hydrogen) atoms. The molecule has 0 atom stereocenters. The van der Waals surface area contributed by atoms with Crippen molar-refractivity contribution in [3.63, 3.8) is 0 Å². The molecule has 2 N–H and O–H groups in total. The first-order valence-corrected chi connectivity index (χ1v) is 4.59. The minimum Gasteiger partial charge on any atom is -0.507 e. The molecule has 5 heteroatoms.